The highest BCUT2D eigenvalue weighted by Crippen LogP contribution is 2.36. The Kier molecular flexibility index (Phi) is 2.31. The topological polar surface area (TPSA) is 92.0 Å². The van der Waals surface area contributed by atoms with E-state index in [0.717, 1.165) is 16.5 Å². The fourth-order valence-electron chi connectivity index (χ4n) is 1.92. The summed E-state index contributed by atoms with van der Waals surface area (Å²) in [6.45, 7) is 0. The van der Waals surface area contributed by atoms with Crippen molar-refractivity contribution in [3.05, 3.63) is 36.2 Å². The van der Waals surface area contributed by atoms with Crippen molar-refractivity contribution >= 4 is 33.3 Å². The molecule has 90 valence electrons. The number of benzene rings is 1. The normalized spacial score (nSPS) is 10.9. The van der Waals surface area contributed by atoms with Crippen LogP contribution in [0.4, 0.5) is 5.13 Å². The average molecular weight is 259 g/mol. The molecule has 0 saturated carbocycles. The molecule has 3 aromatic rings. The second kappa shape index (κ2) is 3.85. The number of nitrogens with one attached hydrogen (secondary N) is 1. The van der Waals surface area contributed by atoms with Crippen molar-refractivity contribution in [2.24, 2.45) is 0 Å². The van der Waals surface area contributed by atoms with Crippen LogP contribution in [-0.2, 0) is 0 Å². The van der Waals surface area contributed by atoms with Gasteiger partial charge in [0.2, 0.25) is 0 Å². The Labute approximate surface area is 106 Å². The third kappa shape index (κ3) is 1.54. The number of nitrogen functional groups attached to an aromatic ring is 1. The maximum Gasteiger partial charge on any atom is 0.356 e. The summed E-state index contributed by atoms with van der Waals surface area (Å²) < 4.78 is 0. The van der Waals surface area contributed by atoms with Crippen molar-refractivity contribution in [2.75, 3.05) is 5.73 Å². The van der Waals surface area contributed by atoms with Crippen LogP contribution in [0.25, 0.3) is 21.3 Å². The zero-order valence-electron chi connectivity index (χ0n) is 9.18. The molecule has 0 aliphatic carbocycles. The van der Waals surface area contributed by atoms with Gasteiger partial charge < -0.3 is 15.8 Å². The number of carboxylic acid groups (broad SMARTS) is 1. The van der Waals surface area contributed by atoms with E-state index < -0.39 is 5.97 Å². The smallest absolute Gasteiger partial charge is 0.356 e. The van der Waals surface area contributed by atoms with Gasteiger partial charge in [0.1, 0.15) is 0 Å². The minimum atomic E-state index is -1.07. The SMILES string of the molecule is Nc1nc(C(=O)O)c(-c2c[nH]c3ccccc23)s1. The van der Waals surface area contributed by atoms with Crippen LogP contribution in [0.3, 0.4) is 0 Å². The average Bonchev–Trinajstić information content (AvgIpc) is 2.92. The number of para-hydroxylation sites is 1. The van der Waals surface area contributed by atoms with Crippen LogP contribution in [0, 0.1) is 0 Å². The Bertz CT molecular complexity index is 745. The van der Waals surface area contributed by atoms with Gasteiger partial charge in [0, 0.05) is 22.7 Å². The van der Waals surface area contributed by atoms with Gasteiger partial charge in [-0.2, -0.15) is 0 Å². The molecule has 0 atom stereocenters. The minimum Gasteiger partial charge on any atom is -0.476 e. The first-order valence-corrected chi connectivity index (χ1v) is 6.04. The molecule has 0 fully saturated rings. The zero-order chi connectivity index (χ0) is 12.7. The van der Waals surface area contributed by atoms with Gasteiger partial charge in [0.25, 0.3) is 0 Å². The number of carboxylic acids is 1. The molecule has 0 aliphatic rings. The van der Waals surface area contributed by atoms with Crippen molar-refractivity contribution in [2.45, 2.75) is 0 Å². The van der Waals surface area contributed by atoms with Crippen LogP contribution in [0.15, 0.2) is 30.5 Å². The summed E-state index contributed by atoms with van der Waals surface area (Å²) in [5.41, 5.74) is 7.37. The van der Waals surface area contributed by atoms with Gasteiger partial charge in [-0.1, -0.05) is 29.5 Å². The number of rotatable bonds is 2. The van der Waals surface area contributed by atoms with Crippen molar-refractivity contribution in [1.29, 1.82) is 0 Å². The predicted octanol–water partition coefficient (Wildman–Crippen LogP) is 2.57. The van der Waals surface area contributed by atoms with Gasteiger partial charge in [-0.3, -0.25) is 0 Å². The number of hydrogen-bond acceptors (Lipinski definition) is 4. The lowest BCUT2D eigenvalue weighted by Gasteiger charge is -1.96. The quantitative estimate of drug-likeness (QED) is 0.659. The molecule has 0 spiro atoms. The van der Waals surface area contributed by atoms with Crippen molar-refractivity contribution in [3.63, 3.8) is 0 Å². The molecular weight excluding hydrogens is 250 g/mol. The van der Waals surface area contributed by atoms with E-state index in [0.29, 0.717) is 4.88 Å². The first kappa shape index (κ1) is 10.8. The molecule has 1 aromatic carbocycles. The standard InChI is InChI=1S/C12H9N3O2S/c13-12-15-9(11(16)17)10(18-12)7-5-14-8-4-2-1-3-6(7)8/h1-5,14H,(H2,13,15)(H,16,17). The number of aromatic nitrogens is 2. The molecule has 2 aromatic heterocycles. The summed E-state index contributed by atoms with van der Waals surface area (Å²) in [7, 11) is 0. The van der Waals surface area contributed by atoms with E-state index in [4.69, 9.17) is 10.8 Å². The van der Waals surface area contributed by atoms with E-state index in [2.05, 4.69) is 9.97 Å². The molecule has 0 saturated heterocycles. The van der Waals surface area contributed by atoms with E-state index in [1.165, 1.54) is 11.3 Å². The van der Waals surface area contributed by atoms with Gasteiger partial charge in [-0.05, 0) is 6.07 Å². The number of thiazole rings is 1. The maximum absolute atomic E-state index is 11.1. The Morgan fingerprint density at radius 3 is 2.94 bits per heavy atom. The number of anilines is 1. The first-order chi connectivity index (χ1) is 8.66. The number of H-pyrrole nitrogens is 1. The molecule has 18 heavy (non-hydrogen) atoms. The van der Waals surface area contributed by atoms with Gasteiger partial charge in [-0.15, -0.1) is 0 Å². The van der Waals surface area contributed by atoms with Gasteiger partial charge in [-0.25, -0.2) is 9.78 Å². The minimum absolute atomic E-state index is 0.00209. The van der Waals surface area contributed by atoms with Crippen molar-refractivity contribution < 1.29 is 9.90 Å². The third-order valence-corrected chi connectivity index (χ3v) is 3.60. The molecule has 5 nitrogen and oxygen atoms in total. The first-order valence-electron chi connectivity index (χ1n) is 5.23. The monoisotopic (exact) mass is 259 g/mol. The summed E-state index contributed by atoms with van der Waals surface area (Å²) in [4.78, 5) is 18.7. The highest BCUT2D eigenvalue weighted by Gasteiger charge is 2.19. The summed E-state index contributed by atoms with van der Waals surface area (Å²) in [6, 6.07) is 7.69. The summed E-state index contributed by atoms with van der Waals surface area (Å²) >= 11 is 1.18. The largest absolute Gasteiger partial charge is 0.476 e. The second-order valence-corrected chi connectivity index (χ2v) is 4.81. The number of hydrogen-bond donors (Lipinski definition) is 3. The Morgan fingerprint density at radius 1 is 1.39 bits per heavy atom. The predicted molar refractivity (Wildman–Crippen MR) is 70.8 cm³/mol. The lowest BCUT2D eigenvalue weighted by molar-refractivity contribution is 0.0692. The summed E-state index contributed by atoms with van der Waals surface area (Å²) in [5, 5.41) is 10.3. The molecule has 0 bridgehead atoms. The summed E-state index contributed by atoms with van der Waals surface area (Å²) in [6.07, 6.45) is 1.78. The van der Waals surface area contributed by atoms with Crippen LogP contribution >= 0.6 is 11.3 Å². The molecule has 0 radical (unpaired) electrons. The van der Waals surface area contributed by atoms with E-state index in [1.54, 1.807) is 6.20 Å². The van der Waals surface area contributed by atoms with E-state index in [-0.39, 0.29) is 10.8 Å². The number of fused-ring (bicyclic) bond motifs is 1. The van der Waals surface area contributed by atoms with Gasteiger partial charge >= 0.3 is 5.97 Å². The fraction of sp³-hybridized carbons (Fsp3) is 0. The number of carbonyl (C=O) groups is 1. The van der Waals surface area contributed by atoms with E-state index in [9.17, 15) is 4.79 Å². The Morgan fingerprint density at radius 2 is 2.17 bits per heavy atom. The highest BCUT2D eigenvalue weighted by atomic mass is 32.1. The van der Waals surface area contributed by atoms with Crippen LogP contribution in [0.5, 0.6) is 0 Å². The highest BCUT2D eigenvalue weighted by molar-refractivity contribution is 7.19. The molecule has 4 N–H and O–H groups in total. The second-order valence-electron chi connectivity index (χ2n) is 3.78. The number of aromatic carboxylic acids is 1. The van der Waals surface area contributed by atoms with Crippen LogP contribution in [0.1, 0.15) is 10.5 Å². The molecule has 0 unspecified atom stereocenters. The number of aromatic amines is 1. The van der Waals surface area contributed by atoms with E-state index >= 15 is 0 Å². The Hall–Kier alpha value is -2.34. The van der Waals surface area contributed by atoms with E-state index in [1.807, 2.05) is 24.3 Å². The van der Waals surface area contributed by atoms with Crippen molar-refractivity contribution in [1.82, 2.24) is 9.97 Å². The molecular formula is C12H9N3O2S. The lowest BCUT2D eigenvalue weighted by Crippen LogP contribution is -1.99. The molecule has 0 aliphatic heterocycles. The zero-order valence-corrected chi connectivity index (χ0v) is 9.99. The molecule has 2 heterocycles. The fourth-order valence-corrected chi connectivity index (χ4v) is 2.78. The third-order valence-electron chi connectivity index (χ3n) is 2.68. The molecule has 0 amide bonds. The number of nitrogens with zero attached hydrogens (tertiary/aromatic N) is 1. The number of nitrogens with two attached hydrogens (primary N) is 1. The lowest BCUT2D eigenvalue weighted by atomic mass is 10.1. The molecule has 6 heteroatoms. The van der Waals surface area contributed by atoms with Crippen LogP contribution < -0.4 is 5.73 Å². The van der Waals surface area contributed by atoms with Crippen LogP contribution in [0.2, 0.25) is 0 Å². The van der Waals surface area contributed by atoms with Crippen LogP contribution in [-0.4, -0.2) is 21.0 Å². The van der Waals surface area contributed by atoms with Gasteiger partial charge in [0.15, 0.2) is 10.8 Å². The molecule has 3 rings (SSSR count). The maximum atomic E-state index is 11.1. The van der Waals surface area contributed by atoms with Crippen molar-refractivity contribution in [3.8, 4) is 10.4 Å². The summed E-state index contributed by atoms with van der Waals surface area (Å²) in [5.74, 6) is -1.07. The van der Waals surface area contributed by atoms with Gasteiger partial charge in [0.05, 0.1) is 4.88 Å². The Balaban J connectivity index is 2.29.